The van der Waals surface area contributed by atoms with Crippen LogP contribution < -0.4 is 5.56 Å². The Morgan fingerprint density at radius 2 is 1.76 bits per heavy atom. The fourth-order valence-electron chi connectivity index (χ4n) is 3.55. The molecule has 0 bridgehead atoms. The van der Waals surface area contributed by atoms with Crippen molar-refractivity contribution in [3.8, 4) is 17.3 Å². The number of halogens is 5. The molecule has 172 valence electrons. The number of hydrogen-bond donors (Lipinski definition) is 0. The van der Waals surface area contributed by atoms with Crippen LogP contribution in [0.1, 0.15) is 22.3 Å². The van der Waals surface area contributed by atoms with Gasteiger partial charge in [0.1, 0.15) is 11.6 Å². The first-order chi connectivity index (χ1) is 16.2. The zero-order chi connectivity index (χ0) is 24.5. The highest BCUT2D eigenvalue weighted by Crippen LogP contribution is 2.34. The standard InChI is InChI=1S/C24H15Cl2F3N4O/c25-18-7-6-16(21(26)8-18)14-33-22(9-20(24(27,28)29)19(10-30)23(33)34)17-11-31-32(13-17)12-15-4-2-1-3-5-15/h1-9,11,13H,12,14H2. The van der Waals surface area contributed by atoms with Crippen LogP contribution in [-0.2, 0) is 19.3 Å². The van der Waals surface area contributed by atoms with Crippen LogP contribution in [0.5, 0.6) is 0 Å². The molecule has 0 radical (unpaired) electrons. The van der Waals surface area contributed by atoms with Crippen molar-refractivity contribution in [1.82, 2.24) is 14.3 Å². The van der Waals surface area contributed by atoms with Gasteiger partial charge in [-0.1, -0.05) is 59.6 Å². The predicted octanol–water partition coefficient (Wildman–Crippen LogP) is 6.01. The summed E-state index contributed by atoms with van der Waals surface area (Å²) in [4.78, 5) is 13.1. The van der Waals surface area contributed by atoms with Crippen LogP contribution in [0.15, 0.2) is 71.8 Å². The Hall–Kier alpha value is -3.54. The maximum absolute atomic E-state index is 13.7. The molecule has 0 aliphatic rings. The van der Waals surface area contributed by atoms with Crippen molar-refractivity contribution in [3.63, 3.8) is 0 Å². The van der Waals surface area contributed by atoms with Gasteiger partial charge in [-0.15, -0.1) is 0 Å². The average Bonchev–Trinajstić information content (AvgIpc) is 3.24. The van der Waals surface area contributed by atoms with E-state index in [1.165, 1.54) is 18.3 Å². The number of aromatic nitrogens is 3. The molecular formula is C24H15Cl2F3N4O. The summed E-state index contributed by atoms with van der Waals surface area (Å²) in [6.07, 6.45) is -1.96. The third-order valence-corrected chi connectivity index (χ3v) is 5.76. The van der Waals surface area contributed by atoms with Gasteiger partial charge in [-0.3, -0.25) is 9.48 Å². The molecule has 34 heavy (non-hydrogen) atoms. The molecule has 0 N–H and O–H groups in total. The van der Waals surface area contributed by atoms with Crippen molar-refractivity contribution in [2.75, 3.05) is 0 Å². The zero-order valence-corrected chi connectivity index (χ0v) is 18.9. The highest BCUT2D eigenvalue weighted by Gasteiger charge is 2.36. The molecule has 10 heteroatoms. The Bertz CT molecular complexity index is 1450. The molecule has 4 aromatic rings. The van der Waals surface area contributed by atoms with Crippen LogP contribution in [0.4, 0.5) is 13.2 Å². The largest absolute Gasteiger partial charge is 0.417 e. The predicted molar refractivity (Wildman–Crippen MR) is 123 cm³/mol. The van der Waals surface area contributed by atoms with Crippen molar-refractivity contribution in [3.05, 3.63) is 110 Å². The SMILES string of the molecule is N#Cc1c(C(F)(F)F)cc(-c2cnn(Cc3ccccc3)c2)n(Cc2ccc(Cl)cc2Cl)c1=O. The summed E-state index contributed by atoms with van der Waals surface area (Å²) in [6.45, 7) is 0.220. The second-order valence-electron chi connectivity index (χ2n) is 7.47. The molecule has 0 amide bonds. The maximum atomic E-state index is 13.7. The van der Waals surface area contributed by atoms with E-state index in [1.807, 2.05) is 30.3 Å². The Morgan fingerprint density at radius 1 is 1.03 bits per heavy atom. The van der Waals surface area contributed by atoms with Crippen LogP contribution in [-0.4, -0.2) is 14.3 Å². The Morgan fingerprint density at radius 3 is 2.41 bits per heavy atom. The number of alkyl halides is 3. The Kier molecular flexibility index (Phi) is 6.51. The normalized spacial score (nSPS) is 11.4. The quantitative estimate of drug-likeness (QED) is 0.335. The van der Waals surface area contributed by atoms with E-state index < -0.39 is 22.9 Å². The lowest BCUT2D eigenvalue weighted by molar-refractivity contribution is -0.137. The topological polar surface area (TPSA) is 63.6 Å². The first kappa shape index (κ1) is 23.6. The Balaban J connectivity index is 1.87. The molecular weight excluding hydrogens is 488 g/mol. The molecule has 4 rings (SSSR count). The highest BCUT2D eigenvalue weighted by atomic mass is 35.5. The molecule has 0 aliphatic heterocycles. The van der Waals surface area contributed by atoms with Gasteiger partial charge < -0.3 is 4.57 Å². The number of benzene rings is 2. The molecule has 0 aliphatic carbocycles. The van der Waals surface area contributed by atoms with Gasteiger partial charge in [-0.25, -0.2) is 0 Å². The van der Waals surface area contributed by atoms with Gasteiger partial charge in [0.05, 0.1) is 30.5 Å². The van der Waals surface area contributed by atoms with Crippen LogP contribution in [0.25, 0.3) is 11.3 Å². The van der Waals surface area contributed by atoms with Gasteiger partial charge in [-0.05, 0) is 29.3 Å². The number of hydrogen-bond acceptors (Lipinski definition) is 3. The average molecular weight is 503 g/mol. The maximum Gasteiger partial charge on any atom is 0.417 e. The summed E-state index contributed by atoms with van der Waals surface area (Å²) in [5.41, 5.74) is -1.72. The van der Waals surface area contributed by atoms with E-state index in [2.05, 4.69) is 5.10 Å². The third kappa shape index (κ3) is 4.86. The summed E-state index contributed by atoms with van der Waals surface area (Å²) < 4.78 is 43.8. The molecule has 0 spiro atoms. The van der Waals surface area contributed by atoms with Gasteiger partial charge in [-0.2, -0.15) is 23.5 Å². The van der Waals surface area contributed by atoms with E-state index in [-0.39, 0.29) is 22.8 Å². The fourth-order valence-corrected chi connectivity index (χ4v) is 4.02. The molecule has 2 heterocycles. The van der Waals surface area contributed by atoms with E-state index in [9.17, 15) is 23.2 Å². The summed E-state index contributed by atoms with van der Waals surface area (Å²) >= 11 is 12.2. The van der Waals surface area contributed by atoms with Gasteiger partial charge in [0, 0.05) is 21.8 Å². The lowest BCUT2D eigenvalue weighted by Crippen LogP contribution is -2.28. The van der Waals surface area contributed by atoms with E-state index in [0.29, 0.717) is 17.1 Å². The van der Waals surface area contributed by atoms with E-state index in [0.717, 1.165) is 16.2 Å². The molecule has 2 aromatic heterocycles. The zero-order valence-electron chi connectivity index (χ0n) is 17.4. The smallest absolute Gasteiger partial charge is 0.303 e. The van der Waals surface area contributed by atoms with Crippen LogP contribution in [0.3, 0.4) is 0 Å². The molecule has 0 saturated heterocycles. The first-order valence-electron chi connectivity index (χ1n) is 9.93. The summed E-state index contributed by atoms with van der Waals surface area (Å²) in [5.74, 6) is 0. The third-order valence-electron chi connectivity index (χ3n) is 5.18. The number of pyridine rings is 1. The lowest BCUT2D eigenvalue weighted by Gasteiger charge is -2.17. The summed E-state index contributed by atoms with van der Waals surface area (Å²) in [7, 11) is 0. The fraction of sp³-hybridized carbons (Fsp3) is 0.125. The lowest BCUT2D eigenvalue weighted by atomic mass is 10.1. The van der Waals surface area contributed by atoms with Crippen molar-refractivity contribution >= 4 is 23.2 Å². The van der Waals surface area contributed by atoms with Crippen molar-refractivity contribution in [2.24, 2.45) is 0 Å². The van der Waals surface area contributed by atoms with E-state index in [1.54, 1.807) is 23.0 Å². The summed E-state index contributed by atoms with van der Waals surface area (Å²) in [5, 5.41) is 14.2. The van der Waals surface area contributed by atoms with E-state index in [4.69, 9.17) is 23.2 Å². The highest BCUT2D eigenvalue weighted by molar-refractivity contribution is 6.35. The summed E-state index contributed by atoms with van der Waals surface area (Å²) in [6, 6.07) is 16.2. The molecule has 2 aromatic carbocycles. The van der Waals surface area contributed by atoms with Crippen molar-refractivity contribution < 1.29 is 13.2 Å². The van der Waals surface area contributed by atoms with Crippen LogP contribution in [0.2, 0.25) is 10.0 Å². The van der Waals surface area contributed by atoms with Gasteiger partial charge in [0.15, 0.2) is 0 Å². The number of nitrogens with zero attached hydrogens (tertiary/aromatic N) is 4. The second kappa shape index (κ2) is 9.37. The van der Waals surface area contributed by atoms with Gasteiger partial charge in [0.25, 0.3) is 5.56 Å². The van der Waals surface area contributed by atoms with Crippen molar-refractivity contribution in [1.29, 1.82) is 5.26 Å². The monoisotopic (exact) mass is 502 g/mol. The first-order valence-corrected chi connectivity index (χ1v) is 10.7. The second-order valence-corrected chi connectivity index (χ2v) is 8.31. The minimum absolute atomic E-state index is 0.0401. The van der Waals surface area contributed by atoms with Crippen molar-refractivity contribution in [2.45, 2.75) is 19.3 Å². The molecule has 0 fully saturated rings. The van der Waals surface area contributed by atoms with Gasteiger partial charge in [0.2, 0.25) is 0 Å². The molecule has 0 saturated carbocycles. The Labute approximate surface area is 202 Å². The van der Waals surface area contributed by atoms with Crippen LogP contribution in [0, 0.1) is 11.3 Å². The molecule has 5 nitrogen and oxygen atoms in total. The molecule has 0 unspecified atom stereocenters. The number of rotatable bonds is 5. The van der Waals surface area contributed by atoms with Gasteiger partial charge >= 0.3 is 6.18 Å². The number of nitriles is 1. The van der Waals surface area contributed by atoms with Crippen LogP contribution >= 0.6 is 23.2 Å². The minimum atomic E-state index is -4.89. The minimum Gasteiger partial charge on any atom is -0.303 e. The van der Waals surface area contributed by atoms with E-state index >= 15 is 0 Å². The molecule has 0 atom stereocenters.